The van der Waals surface area contributed by atoms with Crippen molar-refractivity contribution in [2.75, 3.05) is 30.3 Å². The van der Waals surface area contributed by atoms with Crippen molar-refractivity contribution in [3.8, 4) is 0 Å². The van der Waals surface area contributed by atoms with Gasteiger partial charge in [-0.15, -0.1) is 11.3 Å². The van der Waals surface area contributed by atoms with E-state index < -0.39 is 0 Å². The van der Waals surface area contributed by atoms with Gasteiger partial charge in [0, 0.05) is 13.1 Å². The number of morpholine rings is 1. The molecule has 0 bridgehead atoms. The summed E-state index contributed by atoms with van der Waals surface area (Å²) in [6.07, 6.45) is 1.34. The third kappa shape index (κ3) is 2.40. The summed E-state index contributed by atoms with van der Waals surface area (Å²) in [5, 5.41) is 1.08. The topological polar surface area (TPSA) is 51.4 Å². The molecule has 4 nitrogen and oxygen atoms in total. The summed E-state index contributed by atoms with van der Waals surface area (Å²) < 4.78 is 6.88. The second-order valence-electron chi connectivity index (χ2n) is 4.96. The molecule has 2 heterocycles. The Labute approximate surface area is 117 Å². The number of anilines is 2. The van der Waals surface area contributed by atoms with Crippen molar-refractivity contribution in [2.24, 2.45) is 0 Å². The largest absolute Gasteiger partial charge is 0.397 e. The average Bonchev–Trinajstić information content (AvgIpc) is 2.77. The van der Waals surface area contributed by atoms with Crippen LogP contribution in [0.4, 0.5) is 11.4 Å². The first kappa shape index (κ1) is 12.7. The van der Waals surface area contributed by atoms with Gasteiger partial charge in [0.05, 0.1) is 39.3 Å². The van der Waals surface area contributed by atoms with E-state index in [0.717, 1.165) is 48.0 Å². The van der Waals surface area contributed by atoms with Crippen molar-refractivity contribution in [2.45, 2.75) is 26.4 Å². The fourth-order valence-electron chi connectivity index (χ4n) is 2.55. The standard InChI is InChI=1S/C14H19N3OS/c1-3-10-8-17(4-5-18-10)13-7-12-14(6-11(13)15)19-9(2)16-12/h6-7,10H,3-5,8,15H2,1-2H3. The van der Waals surface area contributed by atoms with E-state index in [9.17, 15) is 0 Å². The summed E-state index contributed by atoms with van der Waals surface area (Å²) in [5.74, 6) is 0. The van der Waals surface area contributed by atoms with Gasteiger partial charge in [0.2, 0.25) is 0 Å². The first-order valence-electron chi connectivity index (χ1n) is 6.70. The number of hydrogen-bond donors (Lipinski definition) is 1. The second-order valence-corrected chi connectivity index (χ2v) is 6.19. The maximum Gasteiger partial charge on any atom is 0.0907 e. The van der Waals surface area contributed by atoms with Gasteiger partial charge in [-0.05, 0) is 25.5 Å². The van der Waals surface area contributed by atoms with Gasteiger partial charge in [-0.3, -0.25) is 0 Å². The average molecular weight is 277 g/mol. The van der Waals surface area contributed by atoms with Gasteiger partial charge in [-0.25, -0.2) is 4.98 Å². The molecule has 0 saturated carbocycles. The van der Waals surface area contributed by atoms with E-state index in [-0.39, 0.29) is 0 Å². The summed E-state index contributed by atoms with van der Waals surface area (Å²) in [5.41, 5.74) is 9.19. The van der Waals surface area contributed by atoms with Crippen LogP contribution < -0.4 is 10.6 Å². The van der Waals surface area contributed by atoms with Gasteiger partial charge in [-0.1, -0.05) is 6.92 Å². The third-order valence-corrected chi connectivity index (χ3v) is 4.51. The number of nitrogen functional groups attached to an aromatic ring is 1. The Hall–Kier alpha value is -1.33. The lowest BCUT2D eigenvalue weighted by atomic mass is 10.1. The zero-order valence-electron chi connectivity index (χ0n) is 11.3. The van der Waals surface area contributed by atoms with Crippen molar-refractivity contribution >= 4 is 32.9 Å². The highest BCUT2D eigenvalue weighted by Gasteiger charge is 2.21. The van der Waals surface area contributed by atoms with Crippen molar-refractivity contribution in [3.63, 3.8) is 0 Å². The Morgan fingerprint density at radius 1 is 1.53 bits per heavy atom. The van der Waals surface area contributed by atoms with Crippen LogP contribution in [0.2, 0.25) is 0 Å². The molecule has 2 aromatic rings. The summed E-state index contributed by atoms with van der Waals surface area (Å²) in [6, 6.07) is 4.16. The van der Waals surface area contributed by atoms with Crippen molar-refractivity contribution in [1.82, 2.24) is 4.98 Å². The number of nitrogens with zero attached hydrogens (tertiary/aromatic N) is 2. The number of nitrogens with two attached hydrogens (primary N) is 1. The van der Waals surface area contributed by atoms with Gasteiger partial charge in [0.15, 0.2) is 0 Å². The molecule has 0 spiro atoms. The highest BCUT2D eigenvalue weighted by molar-refractivity contribution is 7.18. The molecule has 2 N–H and O–H groups in total. The van der Waals surface area contributed by atoms with E-state index in [0.29, 0.717) is 6.10 Å². The summed E-state index contributed by atoms with van der Waals surface area (Å²) in [4.78, 5) is 6.87. The monoisotopic (exact) mass is 277 g/mol. The molecule has 1 aromatic heterocycles. The Morgan fingerprint density at radius 2 is 2.37 bits per heavy atom. The molecule has 0 amide bonds. The smallest absolute Gasteiger partial charge is 0.0907 e. The highest BCUT2D eigenvalue weighted by Crippen LogP contribution is 2.33. The Kier molecular flexibility index (Phi) is 3.33. The lowest BCUT2D eigenvalue weighted by molar-refractivity contribution is 0.0385. The first-order chi connectivity index (χ1) is 9.17. The minimum absolute atomic E-state index is 0.306. The third-order valence-electron chi connectivity index (χ3n) is 3.58. The Bertz CT molecular complexity index is 596. The molecule has 0 radical (unpaired) electrons. The number of aryl methyl sites for hydroxylation is 1. The van der Waals surface area contributed by atoms with E-state index in [1.807, 2.05) is 13.0 Å². The van der Waals surface area contributed by atoms with Crippen LogP contribution in [0.5, 0.6) is 0 Å². The number of rotatable bonds is 2. The van der Waals surface area contributed by atoms with E-state index in [4.69, 9.17) is 10.5 Å². The molecule has 3 rings (SSSR count). The zero-order valence-corrected chi connectivity index (χ0v) is 12.2. The predicted molar refractivity (Wildman–Crippen MR) is 81.0 cm³/mol. The molecule has 0 aliphatic carbocycles. The van der Waals surface area contributed by atoms with Crippen LogP contribution in [0.3, 0.4) is 0 Å². The number of ether oxygens (including phenoxy) is 1. The molecule has 1 fully saturated rings. The normalized spacial score (nSPS) is 20.1. The van der Waals surface area contributed by atoms with Crippen molar-refractivity contribution < 1.29 is 4.74 Å². The summed E-state index contributed by atoms with van der Waals surface area (Å²) in [7, 11) is 0. The van der Waals surface area contributed by atoms with Crippen LogP contribution in [-0.2, 0) is 4.74 Å². The highest BCUT2D eigenvalue weighted by atomic mass is 32.1. The quantitative estimate of drug-likeness (QED) is 0.858. The van der Waals surface area contributed by atoms with Crippen LogP contribution in [0.1, 0.15) is 18.4 Å². The van der Waals surface area contributed by atoms with Gasteiger partial charge in [0.1, 0.15) is 0 Å². The molecule has 1 atom stereocenters. The molecule has 1 aliphatic heterocycles. The number of fused-ring (bicyclic) bond motifs is 1. The fourth-order valence-corrected chi connectivity index (χ4v) is 3.41. The van der Waals surface area contributed by atoms with Crippen molar-refractivity contribution in [3.05, 3.63) is 17.1 Å². The summed E-state index contributed by atoms with van der Waals surface area (Å²) >= 11 is 1.69. The van der Waals surface area contributed by atoms with E-state index in [1.165, 1.54) is 4.70 Å². The Balaban J connectivity index is 1.96. The SMILES string of the molecule is CCC1CN(c2cc3nc(C)sc3cc2N)CCO1. The number of benzene rings is 1. The van der Waals surface area contributed by atoms with Crippen LogP contribution in [0, 0.1) is 6.92 Å². The molecule has 1 unspecified atom stereocenters. The van der Waals surface area contributed by atoms with Crippen LogP contribution in [0.25, 0.3) is 10.2 Å². The van der Waals surface area contributed by atoms with Gasteiger partial charge in [0.25, 0.3) is 0 Å². The maximum absolute atomic E-state index is 6.21. The van der Waals surface area contributed by atoms with Gasteiger partial charge >= 0.3 is 0 Å². The number of aromatic nitrogens is 1. The zero-order chi connectivity index (χ0) is 13.4. The molecular formula is C14H19N3OS. The number of hydrogen-bond acceptors (Lipinski definition) is 5. The molecule has 19 heavy (non-hydrogen) atoms. The Morgan fingerprint density at radius 3 is 3.16 bits per heavy atom. The van der Waals surface area contributed by atoms with E-state index in [2.05, 4.69) is 22.9 Å². The maximum atomic E-state index is 6.21. The van der Waals surface area contributed by atoms with Crippen LogP contribution in [0.15, 0.2) is 12.1 Å². The van der Waals surface area contributed by atoms with Gasteiger partial charge in [-0.2, -0.15) is 0 Å². The predicted octanol–water partition coefficient (Wildman–Crippen LogP) is 2.80. The molecule has 1 saturated heterocycles. The lowest BCUT2D eigenvalue weighted by Crippen LogP contribution is -2.42. The van der Waals surface area contributed by atoms with Crippen LogP contribution >= 0.6 is 11.3 Å². The lowest BCUT2D eigenvalue weighted by Gasteiger charge is -2.34. The molecule has 1 aliphatic rings. The number of thiazole rings is 1. The van der Waals surface area contributed by atoms with Crippen molar-refractivity contribution in [1.29, 1.82) is 0 Å². The molecular weight excluding hydrogens is 258 g/mol. The first-order valence-corrected chi connectivity index (χ1v) is 7.52. The molecule has 102 valence electrons. The minimum atomic E-state index is 0.306. The molecule has 1 aromatic carbocycles. The minimum Gasteiger partial charge on any atom is -0.397 e. The fraction of sp³-hybridized carbons (Fsp3) is 0.500. The second kappa shape index (κ2) is 4.98. The van der Waals surface area contributed by atoms with E-state index >= 15 is 0 Å². The van der Waals surface area contributed by atoms with Crippen LogP contribution in [-0.4, -0.2) is 30.8 Å². The summed E-state index contributed by atoms with van der Waals surface area (Å²) in [6.45, 7) is 6.77. The molecule has 5 heteroatoms. The van der Waals surface area contributed by atoms with E-state index in [1.54, 1.807) is 11.3 Å². The van der Waals surface area contributed by atoms with Gasteiger partial charge < -0.3 is 15.4 Å².